The molecular formula is C18H15IN4O5. The van der Waals surface area contributed by atoms with Crippen molar-refractivity contribution in [2.45, 2.75) is 0 Å². The van der Waals surface area contributed by atoms with Gasteiger partial charge in [0, 0.05) is 19.2 Å². The molecule has 2 aromatic carbocycles. The van der Waals surface area contributed by atoms with E-state index >= 15 is 0 Å². The lowest BCUT2D eigenvalue weighted by atomic mass is 10.2. The fourth-order valence-electron chi connectivity index (χ4n) is 2.51. The average molecular weight is 494 g/mol. The summed E-state index contributed by atoms with van der Waals surface area (Å²) in [6.45, 7) is 0. The maximum atomic E-state index is 12.6. The number of anilines is 1. The number of ether oxygens (including phenoxy) is 2. The second-order valence-electron chi connectivity index (χ2n) is 5.64. The molecule has 1 heterocycles. The van der Waals surface area contributed by atoms with E-state index in [1.807, 2.05) is 22.6 Å². The van der Waals surface area contributed by atoms with Crippen LogP contribution in [0.4, 0.5) is 11.4 Å². The number of halogens is 1. The number of methoxy groups -OCH3 is 1. The van der Waals surface area contributed by atoms with Crippen molar-refractivity contribution in [1.82, 2.24) is 9.78 Å². The van der Waals surface area contributed by atoms with Crippen LogP contribution in [0.3, 0.4) is 0 Å². The van der Waals surface area contributed by atoms with Gasteiger partial charge in [0.25, 0.3) is 11.6 Å². The van der Waals surface area contributed by atoms with Gasteiger partial charge in [-0.1, -0.05) is 12.1 Å². The van der Waals surface area contributed by atoms with E-state index in [0.717, 1.165) is 0 Å². The SMILES string of the molecule is COc1ccccc1Oc1cc(NC(=O)c2c(I)cnn2C)cc([N+](=O)[O-])c1. The highest BCUT2D eigenvalue weighted by atomic mass is 127. The van der Waals surface area contributed by atoms with Crippen LogP contribution in [0.2, 0.25) is 0 Å². The average Bonchev–Trinajstić information content (AvgIpc) is 3.00. The lowest BCUT2D eigenvalue weighted by Gasteiger charge is -2.12. The fraction of sp³-hybridized carbons (Fsp3) is 0.111. The Hall–Kier alpha value is -3.15. The number of aromatic nitrogens is 2. The van der Waals surface area contributed by atoms with Gasteiger partial charge in [0.15, 0.2) is 11.5 Å². The Morgan fingerprint density at radius 1 is 1.25 bits per heavy atom. The number of rotatable bonds is 6. The predicted octanol–water partition coefficient (Wildman–Crippen LogP) is 3.99. The first kappa shape index (κ1) is 19.6. The second kappa shape index (κ2) is 8.25. The summed E-state index contributed by atoms with van der Waals surface area (Å²) in [5.41, 5.74) is 0.350. The first-order valence-corrected chi connectivity index (χ1v) is 9.06. The van der Waals surface area contributed by atoms with Crippen molar-refractivity contribution in [3.8, 4) is 17.2 Å². The molecule has 9 nitrogen and oxygen atoms in total. The van der Waals surface area contributed by atoms with Gasteiger partial charge in [0.05, 0.1) is 33.6 Å². The van der Waals surface area contributed by atoms with E-state index in [1.54, 1.807) is 37.5 Å². The van der Waals surface area contributed by atoms with E-state index in [-0.39, 0.29) is 17.1 Å². The summed E-state index contributed by atoms with van der Waals surface area (Å²) in [4.78, 5) is 23.3. The van der Waals surface area contributed by atoms with Gasteiger partial charge in [-0.05, 0) is 34.7 Å². The highest BCUT2D eigenvalue weighted by molar-refractivity contribution is 14.1. The number of nitrogens with zero attached hydrogens (tertiary/aromatic N) is 3. The molecule has 0 aliphatic carbocycles. The van der Waals surface area contributed by atoms with Gasteiger partial charge in [0.2, 0.25) is 0 Å². The molecule has 0 saturated carbocycles. The zero-order chi connectivity index (χ0) is 20.3. The van der Waals surface area contributed by atoms with E-state index in [2.05, 4.69) is 10.4 Å². The van der Waals surface area contributed by atoms with E-state index in [9.17, 15) is 14.9 Å². The predicted molar refractivity (Wildman–Crippen MR) is 110 cm³/mol. The summed E-state index contributed by atoms with van der Waals surface area (Å²) in [5.74, 6) is 0.620. The van der Waals surface area contributed by atoms with Crippen LogP contribution >= 0.6 is 22.6 Å². The molecule has 0 saturated heterocycles. The van der Waals surface area contributed by atoms with Gasteiger partial charge in [-0.2, -0.15) is 5.10 Å². The van der Waals surface area contributed by atoms with Gasteiger partial charge < -0.3 is 14.8 Å². The first-order valence-electron chi connectivity index (χ1n) is 7.98. The van der Waals surface area contributed by atoms with Crippen LogP contribution < -0.4 is 14.8 Å². The number of aryl methyl sites for hydroxylation is 1. The van der Waals surface area contributed by atoms with Crippen LogP contribution in [0.5, 0.6) is 17.2 Å². The van der Waals surface area contributed by atoms with Crippen molar-refractivity contribution < 1.29 is 19.2 Å². The third-order valence-electron chi connectivity index (χ3n) is 3.77. The number of carbonyl (C=O) groups excluding carboxylic acids is 1. The van der Waals surface area contributed by atoms with Crippen molar-refractivity contribution in [1.29, 1.82) is 0 Å². The van der Waals surface area contributed by atoms with Crippen LogP contribution in [0.15, 0.2) is 48.7 Å². The third-order valence-corrected chi connectivity index (χ3v) is 4.56. The van der Waals surface area contributed by atoms with E-state index < -0.39 is 10.8 Å². The molecule has 0 fully saturated rings. The standard InChI is InChI=1S/C18H15IN4O5/c1-22-17(14(19)10-20-22)18(24)21-11-7-12(23(25)26)9-13(8-11)28-16-6-4-3-5-15(16)27-2/h3-10H,1-2H3,(H,21,24). The monoisotopic (exact) mass is 494 g/mol. The molecule has 1 aromatic heterocycles. The van der Waals surface area contributed by atoms with Crippen molar-refractivity contribution in [2.75, 3.05) is 12.4 Å². The van der Waals surface area contributed by atoms with Gasteiger partial charge in [-0.25, -0.2) is 0 Å². The molecule has 1 amide bonds. The Bertz CT molecular complexity index is 1030. The number of hydrogen-bond acceptors (Lipinski definition) is 6. The number of para-hydroxylation sites is 2. The van der Waals surface area contributed by atoms with Gasteiger partial charge in [-0.15, -0.1) is 0 Å². The Morgan fingerprint density at radius 3 is 2.57 bits per heavy atom. The Labute approximate surface area is 173 Å². The Kier molecular flexibility index (Phi) is 5.78. The summed E-state index contributed by atoms with van der Waals surface area (Å²) in [5, 5.41) is 18.0. The topological polar surface area (TPSA) is 109 Å². The molecule has 0 radical (unpaired) electrons. The largest absolute Gasteiger partial charge is 0.493 e. The minimum absolute atomic E-state index is 0.189. The molecule has 0 aliphatic heterocycles. The Morgan fingerprint density at radius 2 is 1.96 bits per heavy atom. The summed E-state index contributed by atoms with van der Waals surface area (Å²) < 4.78 is 13.1. The summed E-state index contributed by atoms with van der Waals surface area (Å²) in [6.07, 6.45) is 1.55. The maximum absolute atomic E-state index is 12.6. The van der Waals surface area contributed by atoms with Crippen LogP contribution in [-0.4, -0.2) is 27.7 Å². The molecule has 0 bridgehead atoms. The molecule has 0 atom stereocenters. The molecular weight excluding hydrogens is 479 g/mol. The summed E-state index contributed by atoms with van der Waals surface area (Å²) in [6, 6.07) is 10.9. The number of nitro benzene ring substituents is 1. The van der Waals surface area contributed by atoms with Crippen LogP contribution in [-0.2, 0) is 7.05 Å². The lowest BCUT2D eigenvalue weighted by Crippen LogP contribution is -2.17. The van der Waals surface area contributed by atoms with Gasteiger partial charge in [0.1, 0.15) is 11.4 Å². The quantitative estimate of drug-likeness (QED) is 0.316. The van der Waals surface area contributed by atoms with Gasteiger partial charge >= 0.3 is 0 Å². The van der Waals surface area contributed by atoms with Crippen LogP contribution in [0, 0.1) is 13.7 Å². The lowest BCUT2D eigenvalue weighted by molar-refractivity contribution is -0.384. The second-order valence-corrected chi connectivity index (χ2v) is 6.81. The van der Waals surface area contributed by atoms with Crippen molar-refractivity contribution >= 4 is 39.9 Å². The van der Waals surface area contributed by atoms with Crippen molar-refractivity contribution in [3.63, 3.8) is 0 Å². The molecule has 28 heavy (non-hydrogen) atoms. The first-order chi connectivity index (χ1) is 13.4. The molecule has 1 N–H and O–H groups in total. The van der Waals surface area contributed by atoms with E-state index in [1.165, 1.54) is 30.0 Å². The summed E-state index contributed by atoms with van der Waals surface area (Å²) in [7, 11) is 3.14. The van der Waals surface area contributed by atoms with Gasteiger partial charge in [-0.3, -0.25) is 19.6 Å². The minimum atomic E-state index is -0.557. The summed E-state index contributed by atoms with van der Waals surface area (Å²) >= 11 is 2.00. The molecule has 0 unspecified atom stereocenters. The van der Waals surface area contributed by atoms with Crippen LogP contribution in [0.1, 0.15) is 10.5 Å². The molecule has 144 valence electrons. The minimum Gasteiger partial charge on any atom is -0.493 e. The number of hydrogen-bond donors (Lipinski definition) is 1. The Balaban J connectivity index is 1.94. The highest BCUT2D eigenvalue weighted by Crippen LogP contribution is 2.34. The maximum Gasteiger partial charge on any atom is 0.275 e. The number of benzene rings is 2. The van der Waals surface area contributed by atoms with E-state index in [0.29, 0.717) is 20.8 Å². The fourth-order valence-corrected chi connectivity index (χ4v) is 3.22. The van der Waals surface area contributed by atoms with E-state index in [4.69, 9.17) is 9.47 Å². The highest BCUT2D eigenvalue weighted by Gasteiger charge is 2.18. The van der Waals surface area contributed by atoms with Crippen molar-refractivity contribution in [3.05, 3.63) is 68.0 Å². The number of amides is 1. The molecule has 3 rings (SSSR count). The number of nitro groups is 1. The molecule has 10 heteroatoms. The zero-order valence-corrected chi connectivity index (χ0v) is 17.0. The molecule has 0 spiro atoms. The number of carbonyl (C=O) groups is 1. The van der Waals surface area contributed by atoms with Crippen LogP contribution in [0.25, 0.3) is 0 Å². The molecule has 3 aromatic rings. The molecule has 0 aliphatic rings. The zero-order valence-electron chi connectivity index (χ0n) is 14.9. The normalized spacial score (nSPS) is 10.4. The third kappa shape index (κ3) is 4.22. The number of non-ortho nitro benzene ring substituents is 1. The van der Waals surface area contributed by atoms with Crippen molar-refractivity contribution in [2.24, 2.45) is 7.05 Å². The smallest absolute Gasteiger partial charge is 0.275 e. The number of nitrogens with one attached hydrogen (secondary N) is 1.